The Morgan fingerprint density at radius 3 is 2.86 bits per heavy atom. The summed E-state index contributed by atoms with van der Waals surface area (Å²) < 4.78 is 0. The molecule has 0 amide bonds. The van der Waals surface area contributed by atoms with Gasteiger partial charge in [-0.05, 0) is 45.8 Å². The molecule has 2 fully saturated rings. The minimum atomic E-state index is -0.178. The summed E-state index contributed by atoms with van der Waals surface area (Å²) >= 11 is 0. The molecular formula is C11H22N2O. The zero-order chi connectivity index (χ0) is 9.97. The van der Waals surface area contributed by atoms with Crippen LogP contribution in [0.1, 0.15) is 26.2 Å². The zero-order valence-electron chi connectivity index (χ0n) is 9.15. The highest BCUT2D eigenvalue weighted by Crippen LogP contribution is 2.21. The van der Waals surface area contributed by atoms with Crippen LogP contribution in [0.5, 0.6) is 0 Å². The number of hydrogen-bond donors (Lipinski definition) is 1. The third-order valence-electron chi connectivity index (χ3n) is 3.41. The van der Waals surface area contributed by atoms with Crippen LogP contribution in [0, 0.1) is 0 Å². The Hall–Kier alpha value is -0.120. The molecule has 2 atom stereocenters. The molecule has 0 aromatic heterocycles. The first-order valence-corrected chi connectivity index (χ1v) is 5.90. The van der Waals surface area contributed by atoms with Gasteiger partial charge in [0.15, 0.2) is 0 Å². The second kappa shape index (κ2) is 4.60. The lowest BCUT2D eigenvalue weighted by Gasteiger charge is -2.26. The van der Waals surface area contributed by atoms with Gasteiger partial charge in [0, 0.05) is 19.1 Å². The van der Waals surface area contributed by atoms with Gasteiger partial charge < -0.3 is 5.11 Å². The Balaban J connectivity index is 1.88. The second-order valence-corrected chi connectivity index (χ2v) is 4.79. The maximum Gasteiger partial charge on any atom is 0.0639 e. The molecule has 0 aromatic rings. The standard InChI is InChI=1S/C11H22N2O/c1-10(14)8-12-5-3-7-13-6-2-4-11(13)9-12/h10-11,14H,2-9H2,1H3. The van der Waals surface area contributed by atoms with Crippen molar-refractivity contribution in [3.63, 3.8) is 0 Å². The molecule has 1 N–H and O–H groups in total. The normalized spacial score (nSPS) is 32.6. The van der Waals surface area contributed by atoms with Crippen LogP contribution in [-0.2, 0) is 0 Å². The fourth-order valence-electron chi connectivity index (χ4n) is 2.82. The Bertz CT molecular complexity index is 184. The van der Waals surface area contributed by atoms with Gasteiger partial charge in [-0.25, -0.2) is 0 Å². The number of aliphatic hydroxyl groups excluding tert-OH is 1. The number of aliphatic hydroxyl groups is 1. The van der Waals surface area contributed by atoms with E-state index in [2.05, 4.69) is 9.80 Å². The number of rotatable bonds is 2. The van der Waals surface area contributed by atoms with E-state index in [0.29, 0.717) is 0 Å². The number of β-amino-alcohol motifs (C(OH)–C–C–N with tert-alkyl or cyclic N) is 1. The molecule has 2 heterocycles. The lowest BCUT2D eigenvalue weighted by molar-refractivity contribution is 0.120. The van der Waals surface area contributed by atoms with E-state index in [0.717, 1.165) is 19.1 Å². The first-order chi connectivity index (χ1) is 6.75. The molecule has 2 rings (SSSR count). The molecule has 2 aliphatic heterocycles. The van der Waals surface area contributed by atoms with Crippen molar-refractivity contribution in [2.24, 2.45) is 0 Å². The van der Waals surface area contributed by atoms with Gasteiger partial charge in [0.1, 0.15) is 0 Å². The van der Waals surface area contributed by atoms with Gasteiger partial charge in [-0.1, -0.05) is 0 Å². The van der Waals surface area contributed by atoms with Gasteiger partial charge in [0.05, 0.1) is 6.10 Å². The Morgan fingerprint density at radius 2 is 2.07 bits per heavy atom. The fourth-order valence-corrected chi connectivity index (χ4v) is 2.82. The highest BCUT2D eigenvalue weighted by atomic mass is 16.3. The van der Waals surface area contributed by atoms with Gasteiger partial charge in [-0.2, -0.15) is 0 Å². The van der Waals surface area contributed by atoms with Crippen LogP contribution in [0.4, 0.5) is 0 Å². The second-order valence-electron chi connectivity index (χ2n) is 4.79. The Morgan fingerprint density at radius 1 is 1.29 bits per heavy atom. The number of hydrogen-bond acceptors (Lipinski definition) is 3. The summed E-state index contributed by atoms with van der Waals surface area (Å²) in [6.45, 7) is 7.64. The molecule has 3 nitrogen and oxygen atoms in total. The SMILES string of the molecule is CC(O)CN1CCCN2CCCC2C1. The molecule has 0 saturated carbocycles. The monoisotopic (exact) mass is 198 g/mol. The molecule has 0 aliphatic carbocycles. The van der Waals surface area contributed by atoms with E-state index in [4.69, 9.17) is 0 Å². The van der Waals surface area contributed by atoms with Crippen LogP contribution in [0.3, 0.4) is 0 Å². The van der Waals surface area contributed by atoms with Crippen LogP contribution in [0.2, 0.25) is 0 Å². The van der Waals surface area contributed by atoms with Crippen molar-refractivity contribution < 1.29 is 5.11 Å². The highest BCUT2D eigenvalue weighted by Gasteiger charge is 2.28. The molecule has 0 radical (unpaired) electrons. The van der Waals surface area contributed by atoms with Crippen LogP contribution >= 0.6 is 0 Å². The summed E-state index contributed by atoms with van der Waals surface area (Å²) in [4.78, 5) is 5.06. The quantitative estimate of drug-likeness (QED) is 0.701. The Kier molecular flexibility index (Phi) is 3.42. The fraction of sp³-hybridized carbons (Fsp3) is 1.00. The molecular weight excluding hydrogens is 176 g/mol. The lowest BCUT2D eigenvalue weighted by Crippen LogP contribution is -2.39. The first-order valence-electron chi connectivity index (χ1n) is 5.90. The van der Waals surface area contributed by atoms with Gasteiger partial charge in [0.2, 0.25) is 0 Å². The average molecular weight is 198 g/mol. The van der Waals surface area contributed by atoms with E-state index in [-0.39, 0.29) is 6.10 Å². The number of fused-ring (bicyclic) bond motifs is 1. The predicted molar refractivity (Wildman–Crippen MR) is 57.3 cm³/mol. The van der Waals surface area contributed by atoms with Gasteiger partial charge in [-0.15, -0.1) is 0 Å². The Labute approximate surface area is 86.7 Å². The van der Waals surface area contributed by atoms with Crippen LogP contribution in [-0.4, -0.2) is 59.8 Å². The summed E-state index contributed by atoms with van der Waals surface area (Å²) in [5.41, 5.74) is 0. The van der Waals surface area contributed by atoms with Gasteiger partial charge in [-0.3, -0.25) is 9.80 Å². The minimum absolute atomic E-state index is 0.178. The van der Waals surface area contributed by atoms with Gasteiger partial charge >= 0.3 is 0 Å². The van der Waals surface area contributed by atoms with Crippen LogP contribution in [0.15, 0.2) is 0 Å². The minimum Gasteiger partial charge on any atom is -0.392 e. The topological polar surface area (TPSA) is 26.7 Å². The van der Waals surface area contributed by atoms with Crippen molar-refractivity contribution in [3.05, 3.63) is 0 Å². The zero-order valence-corrected chi connectivity index (χ0v) is 9.15. The van der Waals surface area contributed by atoms with Crippen molar-refractivity contribution >= 4 is 0 Å². The van der Waals surface area contributed by atoms with Crippen molar-refractivity contribution in [2.45, 2.75) is 38.3 Å². The summed E-state index contributed by atoms with van der Waals surface area (Å²) in [5.74, 6) is 0. The summed E-state index contributed by atoms with van der Waals surface area (Å²) in [5, 5.41) is 9.38. The maximum atomic E-state index is 9.38. The van der Waals surface area contributed by atoms with E-state index in [9.17, 15) is 5.11 Å². The summed E-state index contributed by atoms with van der Waals surface area (Å²) in [6.07, 6.45) is 3.81. The van der Waals surface area contributed by atoms with Crippen molar-refractivity contribution in [1.29, 1.82) is 0 Å². The average Bonchev–Trinajstić information content (AvgIpc) is 2.44. The molecule has 82 valence electrons. The molecule has 0 bridgehead atoms. The maximum absolute atomic E-state index is 9.38. The molecule has 2 aliphatic rings. The smallest absolute Gasteiger partial charge is 0.0639 e. The van der Waals surface area contributed by atoms with E-state index in [1.165, 1.54) is 38.9 Å². The molecule has 2 saturated heterocycles. The van der Waals surface area contributed by atoms with Crippen LogP contribution < -0.4 is 0 Å². The van der Waals surface area contributed by atoms with E-state index in [1.807, 2.05) is 6.92 Å². The molecule has 3 heteroatoms. The predicted octanol–water partition coefficient (Wildman–Crippen LogP) is 0.537. The third kappa shape index (κ3) is 2.47. The molecule has 14 heavy (non-hydrogen) atoms. The van der Waals surface area contributed by atoms with Crippen molar-refractivity contribution in [1.82, 2.24) is 9.80 Å². The lowest BCUT2D eigenvalue weighted by atomic mass is 10.2. The highest BCUT2D eigenvalue weighted by molar-refractivity contribution is 4.85. The first kappa shape index (κ1) is 10.4. The van der Waals surface area contributed by atoms with Gasteiger partial charge in [0.25, 0.3) is 0 Å². The summed E-state index contributed by atoms with van der Waals surface area (Å²) in [7, 11) is 0. The largest absolute Gasteiger partial charge is 0.392 e. The summed E-state index contributed by atoms with van der Waals surface area (Å²) in [6, 6.07) is 0.774. The van der Waals surface area contributed by atoms with Crippen molar-refractivity contribution in [2.75, 3.05) is 32.7 Å². The van der Waals surface area contributed by atoms with Crippen LogP contribution in [0.25, 0.3) is 0 Å². The van der Waals surface area contributed by atoms with Crippen molar-refractivity contribution in [3.8, 4) is 0 Å². The van der Waals surface area contributed by atoms with E-state index in [1.54, 1.807) is 0 Å². The number of nitrogens with zero attached hydrogens (tertiary/aromatic N) is 2. The third-order valence-corrected chi connectivity index (χ3v) is 3.41. The molecule has 0 spiro atoms. The molecule has 2 unspecified atom stereocenters. The van der Waals surface area contributed by atoms with E-state index >= 15 is 0 Å². The molecule has 0 aromatic carbocycles. The van der Waals surface area contributed by atoms with E-state index < -0.39 is 0 Å².